The number of aliphatic hydroxyl groups excluding tert-OH is 1. The molecule has 0 amide bonds. The highest BCUT2D eigenvalue weighted by atomic mass is 32.1. The maximum Gasteiger partial charge on any atom is 0.305 e. The fraction of sp³-hybridized carbons (Fsp3) is 0.417. The van der Waals surface area contributed by atoms with Crippen molar-refractivity contribution < 1.29 is 5.11 Å². The van der Waals surface area contributed by atoms with Gasteiger partial charge in [0.1, 0.15) is 0 Å². The Hall–Kier alpha value is -0.950. The number of nitrogens with zero attached hydrogens (tertiary/aromatic N) is 1. The summed E-state index contributed by atoms with van der Waals surface area (Å²) in [5, 5.41) is 11.0. The molecule has 2 aromatic heterocycles. The molecular weight excluding hydrogens is 268 g/mol. The van der Waals surface area contributed by atoms with E-state index in [-0.39, 0.29) is 11.5 Å². The number of rotatable bonds is 6. The Bertz CT molecular complexity index is 531. The van der Waals surface area contributed by atoms with Crippen LogP contribution in [0.25, 0.3) is 10.6 Å². The van der Waals surface area contributed by atoms with Crippen LogP contribution < -0.4 is 4.87 Å². The molecule has 2 rings (SSSR count). The van der Waals surface area contributed by atoms with Crippen molar-refractivity contribution in [2.75, 3.05) is 19.7 Å². The summed E-state index contributed by atoms with van der Waals surface area (Å²) in [6.07, 6.45) is 0. The van der Waals surface area contributed by atoms with E-state index in [0.717, 1.165) is 22.0 Å². The first-order valence-electron chi connectivity index (χ1n) is 5.83. The van der Waals surface area contributed by atoms with Crippen LogP contribution in [0.2, 0.25) is 0 Å². The van der Waals surface area contributed by atoms with Gasteiger partial charge in [-0.2, -0.15) is 0 Å². The van der Waals surface area contributed by atoms with Gasteiger partial charge in [0.25, 0.3) is 0 Å². The van der Waals surface area contributed by atoms with Gasteiger partial charge < -0.3 is 10.1 Å². The summed E-state index contributed by atoms with van der Waals surface area (Å²) in [7, 11) is 0. The van der Waals surface area contributed by atoms with Crippen LogP contribution in [-0.2, 0) is 6.54 Å². The second kappa shape index (κ2) is 6.29. The van der Waals surface area contributed by atoms with E-state index >= 15 is 0 Å². The Balaban J connectivity index is 2.25. The van der Waals surface area contributed by atoms with Crippen LogP contribution in [0.4, 0.5) is 0 Å². The van der Waals surface area contributed by atoms with Gasteiger partial charge in [0, 0.05) is 18.0 Å². The third kappa shape index (κ3) is 3.08. The van der Waals surface area contributed by atoms with Gasteiger partial charge in [-0.1, -0.05) is 24.3 Å². The van der Waals surface area contributed by atoms with Gasteiger partial charge in [-0.3, -0.25) is 9.69 Å². The Morgan fingerprint density at radius 3 is 2.94 bits per heavy atom. The normalized spacial score (nSPS) is 11.3. The summed E-state index contributed by atoms with van der Waals surface area (Å²) < 4.78 is 0. The molecular formula is C12H16N2O2S2. The first-order chi connectivity index (χ1) is 8.74. The van der Waals surface area contributed by atoms with E-state index in [1.807, 2.05) is 17.5 Å². The first-order valence-corrected chi connectivity index (χ1v) is 7.53. The predicted molar refractivity (Wildman–Crippen MR) is 76.3 cm³/mol. The van der Waals surface area contributed by atoms with E-state index in [2.05, 4.69) is 16.8 Å². The van der Waals surface area contributed by atoms with Crippen LogP contribution in [0.15, 0.2) is 22.3 Å². The molecule has 98 valence electrons. The zero-order valence-corrected chi connectivity index (χ0v) is 11.8. The number of nitrogens with one attached hydrogen (secondary N) is 1. The fourth-order valence-electron chi connectivity index (χ4n) is 1.78. The zero-order chi connectivity index (χ0) is 13.0. The van der Waals surface area contributed by atoms with Gasteiger partial charge in [-0.15, -0.1) is 11.3 Å². The van der Waals surface area contributed by atoms with Crippen LogP contribution in [0.1, 0.15) is 11.8 Å². The van der Waals surface area contributed by atoms with Crippen molar-refractivity contribution in [2.45, 2.75) is 13.5 Å². The number of H-pyrrole nitrogens is 1. The number of aliphatic hydroxyl groups is 1. The predicted octanol–water partition coefficient (Wildman–Crippen LogP) is 1.98. The average Bonchev–Trinajstić information content (AvgIpc) is 2.97. The molecule has 0 radical (unpaired) electrons. The van der Waals surface area contributed by atoms with E-state index in [1.54, 1.807) is 11.3 Å². The summed E-state index contributed by atoms with van der Waals surface area (Å²) in [5.41, 5.74) is 0.927. The number of likely N-dealkylation sites (N-methyl/N-ethyl adjacent to an activating group) is 1. The maximum atomic E-state index is 11.5. The molecule has 0 spiro atoms. The van der Waals surface area contributed by atoms with Crippen molar-refractivity contribution in [3.63, 3.8) is 0 Å². The highest BCUT2D eigenvalue weighted by Crippen LogP contribution is 2.28. The maximum absolute atomic E-state index is 11.5. The van der Waals surface area contributed by atoms with Gasteiger partial charge >= 0.3 is 4.87 Å². The summed E-state index contributed by atoms with van der Waals surface area (Å²) in [6.45, 7) is 4.38. The number of thiophene rings is 1. The van der Waals surface area contributed by atoms with Gasteiger partial charge in [0.15, 0.2) is 0 Å². The van der Waals surface area contributed by atoms with Crippen LogP contribution in [0, 0.1) is 0 Å². The Kier molecular flexibility index (Phi) is 4.71. The van der Waals surface area contributed by atoms with Gasteiger partial charge in [-0.05, 0) is 18.0 Å². The fourth-order valence-corrected chi connectivity index (χ4v) is 3.49. The number of aromatic nitrogens is 1. The van der Waals surface area contributed by atoms with Crippen molar-refractivity contribution in [1.82, 2.24) is 9.88 Å². The smallest absolute Gasteiger partial charge is 0.305 e. The molecule has 0 atom stereocenters. The molecule has 2 aromatic rings. The summed E-state index contributed by atoms with van der Waals surface area (Å²) in [5.74, 6) is 0. The first kappa shape index (κ1) is 13.5. The molecule has 0 bridgehead atoms. The zero-order valence-electron chi connectivity index (χ0n) is 10.2. The lowest BCUT2D eigenvalue weighted by molar-refractivity contribution is 0.198. The molecule has 0 aliphatic heterocycles. The molecule has 0 saturated heterocycles. The van der Waals surface area contributed by atoms with Crippen LogP contribution in [0.5, 0.6) is 0 Å². The van der Waals surface area contributed by atoms with Crippen molar-refractivity contribution in [3.05, 3.63) is 32.1 Å². The van der Waals surface area contributed by atoms with E-state index in [1.165, 1.54) is 11.3 Å². The molecule has 0 saturated carbocycles. The molecule has 0 aromatic carbocycles. The van der Waals surface area contributed by atoms with E-state index < -0.39 is 0 Å². The van der Waals surface area contributed by atoms with E-state index in [4.69, 9.17) is 5.11 Å². The highest BCUT2D eigenvalue weighted by molar-refractivity contribution is 7.14. The van der Waals surface area contributed by atoms with Gasteiger partial charge in [0.05, 0.1) is 17.2 Å². The Morgan fingerprint density at radius 2 is 2.33 bits per heavy atom. The summed E-state index contributed by atoms with van der Waals surface area (Å²) >= 11 is 2.87. The lowest BCUT2D eigenvalue weighted by atomic mass is 10.3. The minimum Gasteiger partial charge on any atom is -0.395 e. The van der Waals surface area contributed by atoms with E-state index in [9.17, 15) is 4.79 Å². The molecule has 4 nitrogen and oxygen atoms in total. The quantitative estimate of drug-likeness (QED) is 0.853. The van der Waals surface area contributed by atoms with Crippen LogP contribution in [-0.4, -0.2) is 34.7 Å². The lowest BCUT2D eigenvalue weighted by Gasteiger charge is -2.18. The number of hydrogen-bond donors (Lipinski definition) is 2. The molecule has 18 heavy (non-hydrogen) atoms. The topological polar surface area (TPSA) is 56.3 Å². The van der Waals surface area contributed by atoms with Crippen molar-refractivity contribution in [2.24, 2.45) is 0 Å². The molecule has 2 N–H and O–H groups in total. The molecule has 0 fully saturated rings. The molecule has 0 aliphatic rings. The SMILES string of the molecule is CCN(CCO)Cc1sc(=O)[nH]c1-c1cccs1. The van der Waals surface area contributed by atoms with Gasteiger partial charge in [0.2, 0.25) is 0 Å². The highest BCUT2D eigenvalue weighted by Gasteiger charge is 2.13. The monoisotopic (exact) mass is 284 g/mol. The number of aromatic amines is 1. The van der Waals surface area contributed by atoms with E-state index in [0.29, 0.717) is 13.1 Å². The van der Waals surface area contributed by atoms with Crippen LogP contribution >= 0.6 is 22.7 Å². The number of thiazole rings is 1. The van der Waals surface area contributed by atoms with Gasteiger partial charge in [-0.25, -0.2) is 0 Å². The molecule has 2 heterocycles. The minimum atomic E-state index is -0.0200. The second-order valence-corrected chi connectivity index (χ2v) is 5.90. The summed E-state index contributed by atoms with van der Waals surface area (Å²) in [6, 6.07) is 3.99. The third-order valence-electron chi connectivity index (χ3n) is 2.72. The second-order valence-electron chi connectivity index (χ2n) is 3.88. The Labute approximate surface area is 114 Å². The van der Waals surface area contributed by atoms with Crippen molar-refractivity contribution in [3.8, 4) is 10.6 Å². The standard InChI is InChI=1S/C12H16N2O2S2/c1-2-14(5-6-15)8-10-11(13-12(16)18-10)9-4-3-7-17-9/h3-4,7,15H,2,5-6,8H2,1H3,(H,13,16). The molecule has 6 heteroatoms. The van der Waals surface area contributed by atoms with Crippen molar-refractivity contribution >= 4 is 22.7 Å². The van der Waals surface area contributed by atoms with Crippen molar-refractivity contribution in [1.29, 1.82) is 0 Å². The van der Waals surface area contributed by atoms with Crippen LogP contribution in [0.3, 0.4) is 0 Å². The Morgan fingerprint density at radius 1 is 1.50 bits per heavy atom. The average molecular weight is 284 g/mol. The largest absolute Gasteiger partial charge is 0.395 e. The number of hydrogen-bond acceptors (Lipinski definition) is 5. The molecule has 0 unspecified atom stereocenters. The summed E-state index contributed by atoms with van der Waals surface area (Å²) in [4.78, 5) is 18.7. The third-order valence-corrected chi connectivity index (χ3v) is 4.47. The molecule has 0 aliphatic carbocycles. The minimum absolute atomic E-state index is 0.0200. The lowest BCUT2D eigenvalue weighted by Crippen LogP contribution is -2.25.